The Kier molecular flexibility index (Phi) is 5.25. The molecule has 0 saturated carbocycles. The van der Waals surface area contributed by atoms with E-state index in [2.05, 4.69) is 112 Å². The maximum Gasteiger partial charge on any atom is 0.235 e. The Labute approximate surface area is 268 Å². The Hall–Kier alpha value is -6.71. The van der Waals surface area contributed by atoms with Gasteiger partial charge in [0.2, 0.25) is 5.95 Å². The van der Waals surface area contributed by atoms with Crippen LogP contribution in [-0.4, -0.2) is 19.1 Å². The number of nitriles is 1. The second-order valence-corrected chi connectivity index (χ2v) is 11.8. The van der Waals surface area contributed by atoms with Gasteiger partial charge in [0.15, 0.2) is 5.58 Å². The van der Waals surface area contributed by atoms with E-state index in [1.54, 1.807) is 6.20 Å². The zero-order chi connectivity index (χ0) is 31.1. The van der Waals surface area contributed by atoms with Crippen molar-refractivity contribution in [2.75, 3.05) is 0 Å². The Morgan fingerprint density at radius 3 is 1.94 bits per heavy atom. The predicted molar refractivity (Wildman–Crippen MR) is 188 cm³/mol. The molecule has 6 heteroatoms. The number of hydrogen-bond donors (Lipinski definition) is 0. The van der Waals surface area contributed by atoms with Crippen LogP contribution in [0, 0.1) is 11.3 Å². The first-order chi connectivity index (χ1) is 23.3. The Bertz CT molecular complexity index is 2880. The summed E-state index contributed by atoms with van der Waals surface area (Å²) in [5.41, 5.74) is 10.3. The van der Waals surface area contributed by atoms with Crippen LogP contribution in [0.5, 0.6) is 0 Å². The van der Waals surface area contributed by atoms with Crippen molar-refractivity contribution in [1.29, 1.82) is 5.26 Å². The summed E-state index contributed by atoms with van der Waals surface area (Å²) >= 11 is 0. The Morgan fingerprint density at radius 1 is 0.553 bits per heavy atom. The van der Waals surface area contributed by atoms with Gasteiger partial charge in [-0.2, -0.15) is 5.26 Å². The molecule has 4 heterocycles. The van der Waals surface area contributed by atoms with Crippen LogP contribution in [0.4, 0.5) is 0 Å². The lowest BCUT2D eigenvalue weighted by atomic mass is 10.0. The quantitative estimate of drug-likeness (QED) is 0.202. The molecule has 0 atom stereocenters. The number of fused-ring (bicyclic) bond motifs is 9. The third-order valence-electron chi connectivity index (χ3n) is 9.23. The van der Waals surface area contributed by atoms with Crippen LogP contribution in [-0.2, 0) is 0 Å². The molecule has 10 rings (SSSR count). The lowest BCUT2D eigenvalue weighted by Gasteiger charge is -2.14. The van der Waals surface area contributed by atoms with Gasteiger partial charge < -0.3 is 8.98 Å². The third kappa shape index (κ3) is 3.65. The minimum atomic E-state index is 0.548. The first kappa shape index (κ1) is 25.6. The van der Waals surface area contributed by atoms with Gasteiger partial charge in [0, 0.05) is 32.5 Å². The molecule has 0 amide bonds. The molecule has 0 unspecified atom stereocenters. The highest BCUT2D eigenvalue weighted by molar-refractivity contribution is 6.11. The predicted octanol–water partition coefficient (Wildman–Crippen LogP) is 10.1. The number of benzene rings is 6. The molecule has 0 bridgehead atoms. The fourth-order valence-corrected chi connectivity index (χ4v) is 7.18. The molecule has 10 aromatic rings. The van der Waals surface area contributed by atoms with E-state index in [0.29, 0.717) is 17.1 Å². The third-order valence-corrected chi connectivity index (χ3v) is 9.23. The van der Waals surface area contributed by atoms with E-state index in [4.69, 9.17) is 14.4 Å². The summed E-state index contributed by atoms with van der Waals surface area (Å²) in [7, 11) is 0. The summed E-state index contributed by atoms with van der Waals surface area (Å²) in [6.07, 6.45) is 1.76. The van der Waals surface area contributed by atoms with Crippen molar-refractivity contribution >= 4 is 65.7 Å². The number of rotatable bonds is 3. The lowest BCUT2D eigenvalue weighted by Crippen LogP contribution is -2.00. The maximum atomic E-state index is 9.56. The van der Waals surface area contributed by atoms with E-state index < -0.39 is 0 Å². The highest BCUT2D eigenvalue weighted by atomic mass is 16.3. The monoisotopic (exact) mass is 601 g/mol. The molecular formula is C41H23N5O. The molecule has 218 valence electrons. The zero-order valence-corrected chi connectivity index (χ0v) is 24.9. The Morgan fingerprint density at radius 2 is 1.19 bits per heavy atom. The molecular weight excluding hydrogens is 578 g/mol. The molecule has 0 aliphatic carbocycles. The van der Waals surface area contributed by atoms with Crippen molar-refractivity contribution < 1.29 is 4.42 Å². The second kappa shape index (κ2) is 9.64. The molecule has 6 aromatic carbocycles. The van der Waals surface area contributed by atoms with Gasteiger partial charge in [-0.3, -0.25) is 4.57 Å². The van der Waals surface area contributed by atoms with Crippen LogP contribution in [0.15, 0.2) is 144 Å². The summed E-state index contributed by atoms with van der Waals surface area (Å²) in [6.45, 7) is 0. The molecule has 4 aromatic heterocycles. The number of nitrogens with zero attached hydrogens (tertiary/aromatic N) is 5. The summed E-state index contributed by atoms with van der Waals surface area (Å²) in [6, 6.07) is 48.2. The van der Waals surface area contributed by atoms with Gasteiger partial charge in [0.1, 0.15) is 11.1 Å². The second-order valence-electron chi connectivity index (χ2n) is 11.8. The van der Waals surface area contributed by atoms with Crippen LogP contribution >= 0.6 is 0 Å². The van der Waals surface area contributed by atoms with Crippen molar-refractivity contribution in [2.24, 2.45) is 0 Å². The highest BCUT2D eigenvalue weighted by Gasteiger charge is 2.19. The number of aromatic nitrogens is 4. The highest BCUT2D eigenvalue weighted by Crippen LogP contribution is 2.38. The van der Waals surface area contributed by atoms with Gasteiger partial charge in [-0.05, 0) is 60.2 Å². The summed E-state index contributed by atoms with van der Waals surface area (Å²) in [5.74, 6) is 0.548. The van der Waals surface area contributed by atoms with Crippen LogP contribution < -0.4 is 0 Å². The van der Waals surface area contributed by atoms with Crippen molar-refractivity contribution in [3.8, 4) is 28.8 Å². The van der Waals surface area contributed by atoms with Crippen molar-refractivity contribution in [3.05, 3.63) is 145 Å². The van der Waals surface area contributed by atoms with Gasteiger partial charge in [-0.15, -0.1) is 0 Å². The molecule has 0 aliphatic heterocycles. The number of furan rings is 1. The van der Waals surface area contributed by atoms with Gasteiger partial charge >= 0.3 is 0 Å². The van der Waals surface area contributed by atoms with Crippen molar-refractivity contribution in [1.82, 2.24) is 19.1 Å². The molecule has 0 aliphatic rings. The van der Waals surface area contributed by atoms with Gasteiger partial charge in [-0.1, -0.05) is 78.9 Å². The minimum Gasteiger partial charge on any atom is -0.453 e. The van der Waals surface area contributed by atoms with Crippen LogP contribution in [0.3, 0.4) is 0 Å². The topological polar surface area (TPSA) is 72.6 Å². The van der Waals surface area contributed by atoms with Crippen LogP contribution in [0.2, 0.25) is 0 Å². The standard InChI is InChI=1S/C41H23N5O/c42-23-25-17-19-37-31(21-25)30-12-4-8-16-36(30)46(37)41-43-24-39-40(44-41)32-22-26(18-20-38(32)47-39)27-9-1-5-13-33(27)45-34-14-6-2-10-28(34)29-11-3-7-15-35(29)45/h1-22,24H. The van der Waals surface area contributed by atoms with Crippen molar-refractivity contribution in [3.63, 3.8) is 0 Å². The normalized spacial score (nSPS) is 11.8. The largest absolute Gasteiger partial charge is 0.453 e. The van der Waals surface area contributed by atoms with E-state index in [1.165, 1.54) is 21.8 Å². The molecule has 0 saturated heterocycles. The van der Waals surface area contributed by atoms with E-state index in [1.807, 2.05) is 36.4 Å². The van der Waals surface area contributed by atoms with Gasteiger partial charge in [0.25, 0.3) is 0 Å². The average Bonchev–Trinajstić information content (AvgIpc) is 3.78. The first-order valence-electron chi connectivity index (χ1n) is 15.5. The van der Waals surface area contributed by atoms with Gasteiger partial charge in [-0.25, -0.2) is 9.97 Å². The summed E-state index contributed by atoms with van der Waals surface area (Å²) in [4.78, 5) is 9.89. The average molecular weight is 602 g/mol. The van der Waals surface area contributed by atoms with E-state index in [-0.39, 0.29) is 0 Å². The SMILES string of the molecule is N#Cc1ccc2c(c1)c1ccccc1n2-c1ncc2oc3ccc(-c4ccccc4-n4c5ccccc5c5ccccc54)cc3c2n1. The molecule has 47 heavy (non-hydrogen) atoms. The summed E-state index contributed by atoms with van der Waals surface area (Å²) < 4.78 is 10.7. The number of hydrogen-bond acceptors (Lipinski definition) is 4. The molecule has 0 fully saturated rings. The lowest BCUT2D eigenvalue weighted by molar-refractivity contribution is 0.665. The van der Waals surface area contributed by atoms with Crippen LogP contribution in [0.1, 0.15) is 5.56 Å². The molecule has 6 nitrogen and oxygen atoms in total. The molecule has 0 spiro atoms. The fraction of sp³-hybridized carbons (Fsp3) is 0. The summed E-state index contributed by atoms with van der Waals surface area (Å²) in [5, 5.41) is 15.0. The molecule has 0 N–H and O–H groups in total. The maximum absolute atomic E-state index is 9.56. The zero-order valence-electron chi connectivity index (χ0n) is 24.9. The van der Waals surface area contributed by atoms with E-state index in [9.17, 15) is 5.26 Å². The van der Waals surface area contributed by atoms with E-state index in [0.717, 1.165) is 55.1 Å². The van der Waals surface area contributed by atoms with Gasteiger partial charge in [0.05, 0.1) is 45.6 Å². The number of para-hydroxylation sites is 4. The van der Waals surface area contributed by atoms with E-state index >= 15 is 0 Å². The van der Waals surface area contributed by atoms with Crippen LogP contribution in [0.25, 0.3) is 88.4 Å². The smallest absolute Gasteiger partial charge is 0.235 e. The fourth-order valence-electron chi connectivity index (χ4n) is 7.18. The molecule has 0 radical (unpaired) electrons. The van der Waals surface area contributed by atoms with Crippen molar-refractivity contribution in [2.45, 2.75) is 0 Å². The Balaban J connectivity index is 1.19. The first-order valence-corrected chi connectivity index (χ1v) is 15.5. The minimum absolute atomic E-state index is 0.548.